The van der Waals surface area contributed by atoms with Gasteiger partial charge in [-0.15, -0.1) is 0 Å². The Morgan fingerprint density at radius 1 is 1.46 bits per heavy atom. The van der Waals surface area contributed by atoms with Crippen LogP contribution in [0.5, 0.6) is 0 Å². The predicted octanol–water partition coefficient (Wildman–Crippen LogP) is 1.99. The van der Waals surface area contributed by atoms with Crippen LogP contribution in [0, 0.1) is 11.8 Å². The van der Waals surface area contributed by atoms with Crippen molar-refractivity contribution in [3.8, 4) is 0 Å². The number of hydrogen-bond donors (Lipinski definition) is 2. The fraction of sp³-hybridized carbons (Fsp3) is 0.700. The Labute approximate surface area is 79.6 Å². The Morgan fingerprint density at radius 2 is 2.00 bits per heavy atom. The lowest BCUT2D eigenvalue weighted by atomic mass is 9.90. The molecule has 3 N–H and O–H groups in total. The molecule has 0 amide bonds. The van der Waals surface area contributed by atoms with E-state index in [2.05, 4.69) is 20.4 Å². The van der Waals surface area contributed by atoms with Crippen LogP contribution in [0.1, 0.15) is 33.1 Å². The van der Waals surface area contributed by atoms with Crippen molar-refractivity contribution in [1.82, 2.24) is 0 Å². The van der Waals surface area contributed by atoms with Crippen molar-refractivity contribution in [2.75, 3.05) is 0 Å². The number of nitrogens with two attached hydrogens (primary N) is 1. The van der Waals surface area contributed by atoms with Crippen molar-refractivity contribution in [2.24, 2.45) is 17.6 Å². The molecule has 0 fully saturated rings. The van der Waals surface area contributed by atoms with Gasteiger partial charge in [-0.2, -0.15) is 0 Å². The van der Waals surface area contributed by atoms with Gasteiger partial charge in [-0.1, -0.05) is 20.4 Å². The van der Waals surface area contributed by atoms with Crippen LogP contribution in [0.2, 0.25) is 0 Å². The molecule has 0 aromatic carbocycles. The summed E-state index contributed by atoms with van der Waals surface area (Å²) in [6, 6.07) is 0. The standard InChI is InChI=1S/C10H19NO2/c1-7(2)4-9(5-8(3)11)6-10(12)13/h7,9H,3-6,11H2,1-2H3,(H,12,13)/t9-/m0/s1. The van der Waals surface area contributed by atoms with Crippen LogP contribution in [0.4, 0.5) is 0 Å². The minimum Gasteiger partial charge on any atom is -0.481 e. The summed E-state index contributed by atoms with van der Waals surface area (Å²) < 4.78 is 0. The van der Waals surface area contributed by atoms with Crippen LogP contribution in [0.3, 0.4) is 0 Å². The number of aliphatic carboxylic acids is 1. The van der Waals surface area contributed by atoms with Crippen molar-refractivity contribution in [1.29, 1.82) is 0 Å². The fourth-order valence-corrected chi connectivity index (χ4v) is 1.52. The second-order valence-electron chi connectivity index (χ2n) is 3.96. The van der Waals surface area contributed by atoms with Crippen molar-refractivity contribution in [3.05, 3.63) is 12.3 Å². The highest BCUT2D eigenvalue weighted by molar-refractivity contribution is 5.67. The summed E-state index contributed by atoms with van der Waals surface area (Å²) in [5, 5.41) is 8.64. The Kier molecular flexibility index (Phi) is 5.19. The maximum absolute atomic E-state index is 10.5. The number of hydrogen-bond acceptors (Lipinski definition) is 2. The topological polar surface area (TPSA) is 63.3 Å². The zero-order valence-corrected chi connectivity index (χ0v) is 8.42. The molecule has 0 saturated heterocycles. The van der Waals surface area contributed by atoms with E-state index < -0.39 is 5.97 Å². The van der Waals surface area contributed by atoms with Crippen molar-refractivity contribution in [3.63, 3.8) is 0 Å². The molecule has 1 atom stereocenters. The largest absolute Gasteiger partial charge is 0.481 e. The second kappa shape index (κ2) is 5.62. The van der Waals surface area contributed by atoms with Gasteiger partial charge in [-0.3, -0.25) is 4.79 Å². The summed E-state index contributed by atoms with van der Waals surface area (Å²) in [5.74, 6) is -0.120. The maximum atomic E-state index is 10.5. The first kappa shape index (κ1) is 12.0. The molecule has 0 aliphatic carbocycles. The lowest BCUT2D eigenvalue weighted by Crippen LogP contribution is -2.13. The van der Waals surface area contributed by atoms with Gasteiger partial charge >= 0.3 is 5.97 Å². The summed E-state index contributed by atoms with van der Waals surface area (Å²) in [7, 11) is 0. The van der Waals surface area contributed by atoms with E-state index in [4.69, 9.17) is 10.8 Å². The van der Waals surface area contributed by atoms with Gasteiger partial charge in [0.1, 0.15) is 0 Å². The van der Waals surface area contributed by atoms with Gasteiger partial charge in [0.15, 0.2) is 0 Å². The van der Waals surface area contributed by atoms with E-state index in [1.807, 2.05) is 0 Å². The molecule has 0 saturated carbocycles. The molecule has 0 unspecified atom stereocenters. The summed E-state index contributed by atoms with van der Waals surface area (Å²) in [6.45, 7) is 7.75. The molecule has 0 aliphatic rings. The van der Waals surface area contributed by atoms with Gasteiger partial charge in [0.25, 0.3) is 0 Å². The van der Waals surface area contributed by atoms with Crippen LogP contribution >= 0.6 is 0 Å². The Hall–Kier alpha value is -0.990. The fourth-order valence-electron chi connectivity index (χ4n) is 1.52. The first-order chi connectivity index (χ1) is 5.91. The van der Waals surface area contributed by atoms with E-state index in [-0.39, 0.29) is 12.3 Å². The van der Waals surface area contributed by atoms with Gasteiger partial charge in [-0.25, -0.2) is 0 Å². The molecule has 3 heteroatoms. The monoisotopic (exact) mass is 185 g/mol. The SMILES string of the molecule is C=C(N)C[C@@H](CC(=O)O)CC(C)C. The molecule has 0 aromatic heterocycles. The zero-order valence-electron chi connectivity index (χ0n) is 8.42. The molecule has 76 valence electrons. The van der Waals surface area contributed by atoms with Crippen LogP contribution in [-0.2, 0) is 4.79 Å². The normalized spacial score (nSPS) is 12.8. The lowest BCUT2D eigenvalue weighted by Gasteiger charge is -2.16. The molecular formula is C10H19NO2. The van der Waals surface area contributed by atoms with E-state index in [1.54, 1.807) is 0 Å². The summed E-state index contributed by atoms with van der Waals surface area (Å²) in [5.41, 5.74) is 6.03. The van der Waals surface area contributed by atoms with Crippen LogP contribution in [-0.4, -0.2) is 11.1 Å². The minimum atomic E-state index is -0.757. The Bertz CT molecular complexity index is 171. The number of allylic oxidation sites excluding steroid dienone is 1. The van der Waals surface area contributed by atoms with E-state index in [0.717, 1.165) is 6.42 Å². The van der Waals surface area contributed by atoms with Crippen molar-refractivity contribution in [2.45, 2.75) is 33.1 Å². The molecule has 0 spiro atoms. The Morgan fingerprint density at radius 3 is 2.31 bits per heavy atom. The molecule has 13 heavy (non-hydrogen) atoms. The number of rotatable bonds is 6. The smallest absolute Gasteiger partial charge is 0.303 e. The number of carboxylic acid groups (broad SMARTS) is 1. The van der Waals surface area contributed by atoms with Gasteiger partial charge in [0.05, 0.1) is 0 Å². The molecular weight excluding hydrogens is 166 g/mol. The minimum absolute atomic E-state index is 0.134. The molecule has 0 aliphatic heterocycles. The first-order valence-corrected chi connectivity index (χ1v) is 4.56. The average molecular weight is 185 g/mol. The molecule has 3 nitrogen and oxygen atoms in total. The van der Waals surface area contributed by atoms with Crippen molar-refractivity contribution >= 4 is 5.97 Å². The third-order valence-electron chi connectivity index (χ3n) is 1.82. The lowest BCUT2D eigenvalue weighted by molar-refractivity contribution is -0.138. The molecule has 0 aromatic rings. The van der Waals surface area contributed by atoms with E-state index in [9.17, 15) is 4.79 Å². The molecule has 0 bridgehead atoms. The van der Waals surface area contributed by atoms with Gasteiger partial charge in [-0.05, 0) is 24.7 Å². The van der Waals surface area contributed by atoms with Crippen LogP contribution < -0.4 is 5.73 Å². The Balaban J connectivity index is 4.02. The molecule has 0 rings (SSSR count). The number of carboxylic acids is 1. The van der Waals surface area contributed by atoms with Crippen LogP contribution in [0.25, 0.3) is 0 Å². The van der Waals surface area contributed by atoms with E-state index >= 15 is 0 Å². The summed E-state index contributed by atoms with van der Waals surface area (Å²) >= 11 is 0. The third kappa shape index (κ3) is 7.37. The van der Waals surface area contributed by atoms with Crippen LogP contribution in [0.15, 0.2) is 12.3 Å². The first-order valence-electron chi connectivity index (χ1n) is 4.56. The predicted molar refractivity (Wildman–Crippen MR) is 53.1 cm³/mol. The summed E-state index contributed by atoms with van der Waals surface area (Å²) in [6.07, 6.45) is 1.70. The van der Waals surface area contributed by atoms with Gasteiger partial charge in [0.2, 0.25) is 0 Å². The highest BCUT2D eigenvalue weighted by Gasteiger charge is 2.14. The molecule has 0 radical (unpaired) electrons. The summed E-state index contributed by atoms with van der Waals surface area (Å²) in [4.78, 5) is 10.5. The quantitative estimate of drug-likeness (QED) is 0.665. The van der Waals surface area contributed by atoms with Crippen molar-refractivity contribution < 1.29 is 9.90 Å². The highest BCUT2D eigenvalue weighted by Crippen LogP contribution is 2.20. The average Bonchev–Trinajstić information content (AvgIpc) is 1.80. The zero-order chi connectivity index (χ0) is 10.4. The van der Waals surface area contributed by atoms with E-state index in [1.165, 1.54) is 0 Å². The molecule has 0 heterocycles. The van der Waals surface area contributed by atoms with E-state index in [0.29, 0.717) is 18.0 Å². The highest BCUT2D eigenvalue weighted by atomic mass is 16.4. The maximum Gasteiger partial charge on any atom is 0.303 e. The third-order valence-corrected chi connectivity index (χ3v) is 1.82. The number of carbonyl (C=O) groups is 1. The van der Waals surface area contributed by atoms with Gasteiger partial charge in [0, 0.05) is 12.1 Å². The van der Waals surface area contributed by atoms with Gasteiger partial charge < -0.3 is 10.8 Å². The second-order valence-corrected chi connectivity index (χ2v) is 3.96.